The molecule has 8 heavy (non-hydrogen) atoms. The highest BCUT2D eigenvalue weighted by Crippen LogP contribution is 2.00. The summed E-state index contributed by atoms with van der Waals surface area (Å²) in [5.41, 5.74) is 0. The van der Waals surface area contributed by atoms with Crippen molar-refractivity contribution in [3.63, 3.8) is 0 Å². The molecular weight excluding hydrogens is 122 g/mol. The Hall–Kier alpha value is 0.110. The van der Waals surface area contributed by atoms with Crippen LogP contribution in [0.25, 0.3) is 0 Å². The van der Waals surface area contributed by atoms with Gasteiger partial charge in [0.25, 0.3) is 0 Å². The minimum absolute atomic E-state index is 0.458. The van der Waals surface area contributed by atoms with Gasteiger partial charge in [-0.3, -0.25) is 4.21 Å². The minimum Gasteiger partial charge on any atom is -0.314 e. The van der Waals surface area contributed by atoms with Crippen molar-refractivity contribution in [3.8, 4) is 0 Å². The molecule has 1 saturated heterocycles. The van der Waals surface area contributed by atoms with Gasteiger partial charge >= 0.3 is 0 Å². The van der Waals surface area contributed by atoms with Crippen LogP contribution in [0, 0.1) is 0 Å². The summed E-state index contributed by atoms with van der Waals surface area (Å²) in [5.74, 6) is 0.812. The molecule has 0 bridgehead atoms. The van der Waals surface area contributed by atoms with E-state index in [1.807, 2.05) is 6.92 Å². The van der Waals surface area contributed by atoms with Crippen molar-refractivity contribution >= 4 is 10.8 Å². The van der Waals surface area contributed by atoms with Crippen molar-refractivity contribution in [2.75, 3.05) is 18.8 Å². The van der Waals surface area contributed by atoms with Crippen molar-refractivity contribution in [3.05, 3.63) is 0 Å². The minimum atomic E-state index is -0.547. The molecule has 1 aliphatic heterocycles. The van der Waals surface area contributed by atoms with Gasteiger partial charge in [0.1, 0.15) is 0 Å². The van der Waals surface area contributed by atoms with Crippen molar-refractivity contribution in [1.82, 2.24) is 5.32 Å². The number of nitrogens with one attached hydrogen (secondary N) is 1. The molecule has 0 radical (unpaired) electrons. The van der Waals surface area contributed by atoms with E-state index in [1.165, 1.54) is 0 Å². The third kappa shape index (κ3) is 1.09. The van der Waals surface area contributed by atoms with Gasteiger partial charge < -0.3 is 5.32 Å². The molecule has 0 saturated carbocycles. The van der Waals surface area contributed by atoms with E-state index in [-0.39, 0.29) is 0 Å². The van der Waals surface area contributed by atoms with Gasteiger partial charge in [-0.15, -0.1) is 0 Å². The Labute approximate surface area is 52.1 Å². The zero-order valence-corrected chi connectivity index (χ0v) is 5.83. The highest BCUT2D eigenvalue weighted by molar-refractivity contribution is 7.85. The van der Waals surface area contributed by atoms with Crippen molar-refractivity contribution in [2.24, 2.45) is 0 Å². The molecule has 0 spiro atoms. The van der Waals surface area contributed by atoms with Gasteiger partial charge in [0, 0.05) is 29.6 Å². The summed E-state index contributed by atoms with van der Waals surface area (Å²) in [7, 11) is -0.547. The van der Waals surface area contributed by atoms with Crippen LogP contribution in [0.4, 0.5) is 0 Å². The number of rotatable bonds is 2. The van der Waals surface area contributed by atoms with Gasteiger partial charge in [-0.05, 0) is 0 Å². The van der Waals surface area contributed by atoms with Gasteiger partial charge in [-0.2, -0.15) is 0 Å². The van der Waals surface area contributed by atoms with E-state index >= 15 is 0 Å². The summed E-state index contributed by atoms with van der Waals surface area (Å²) in [6, 6.07) is 0. The van der Waals surface area contributed by atoms with Crippen molar-refractivity contribution in [2.45, 2.75) is 12.2 Å². The third-order valence-electron chi connectivity index (χ3n) is 1.40. The summed E-state index contributed by atoms with van der Waals surface area (Å²) < 4.78 is 10.9. The normalized spacial score (nSPS) is 24.6. The average molecular weight is 133 g/mol. The second-order valence-electron chi connectivity index (χ2n) is 1.95. The van der Waals surface area contributed by atoms with Crippen LogP contribution in [-0.2, 0) is 10.8 Å². The lowest BCUT2D eigenvalue weighted by molar-refractivity contribution is 0.526. The molecule has 0 aromatic carbocycles. The van der Waals surface area contributed by atoms with Crippen LogP contribution in [0.5, 0.6) is 0 Å². The van der Waals surface area contributed by atoms with Gasteiger partial charge in [-0.1, -0.05) is 6.92 Å². The molecule has 1 atom stereocenters. The van der Waals surface area contributed by atoms with Crippen LogP contribution in [0.1, 0.15) is 6.92 Å². The Morgan fingerprint density at radius 2 is 2.38 bits per heavy atom. The van der Waals surface area contributed by atoms with Crippen LogP contribution >= 0.6 is 0 Å². The molecular formula is C5H11NOS. The van der Waals surface area contributed by atoms with E-state index in [2.05, 4.69) is 5.32 Å². The topological polar surface area (TPSA) is 29.1 Å². The van der Waals surface area contributed by atoms with Crippen LogP contribution in [0.15, 0.2) is 0 Å². The number of hydrogen-bond donors (Lipinski definition) is 1. The maximum absolute atomic E-state index is 10.9. The van der Waals surface area contributed by atoms with Gasteiger partial charge in [-0.25, -0.2) is 0 Å². The molecule has 1 rings (SSSR count). The first-order chi connectivity index (χ1) is 3.84. The number of hydrogen-bond acceptors (Lipinski definition) is 2. The molecule has 0 aromatic rings. The van der Waals surface area contributed by atoms with Crippen LogP contribution in [-0.4, -0.2) is 28.3 Å². The molecule has 2 nitrogen and oxygen atoms in total. The van der Waals surface area contributed by atoms with Crippen molar-refractivity contribution in [1.29, 1.82) is 0 Å². The SMILES string of the molecule is CCS(=O)C1CNC1. The average Bonchev–Trinajstić information content (AvgIpc) is 1.62. The maximum atomic E-state index is 10.9. The third-order valence-corrected chi connectivity index (χ3v) is 3.05. The van der Waals surface area contributed by atoms with E-state index in [9.17, 15) is 4.21 Å². The van der Waals surface area contributed by atoms with Gasteiger partial charge in [0.05, 0.1) is 5.25 Å². The molecule has 0 aromatic heterocycles. The van der Waals surface area contributed by atoms with Crippen LogP contribution in [0.2, 0.25) is 0 Å². The van der Waals surface area contributed by atoms with E-state index in [0.717, 1.165) is 18.8 Å². The molecule has 1 fully saturated rings. The van der Waals surface area contributed by atoms with E-state index in [1.54, 1.807) is 0 Å². The molecule has 0 amide bonds. The van der Waals surface area contributed by atoms with Crippen molar-refractivity contribution < 1.29 is 4.21 Å². The summed E-state index contributed by atoms with van der Waals surface area (Å²) in [6.45, 7) is 3.88. The Morgan fingerprint density at radius 3 is 2.50 bits per heavy atom. The zero-order valence-electron chi connectivity index (χ0n) is 5.02. The largest absolute Gasteiger partial charge is 0.314 e. The second-order valence-corrected chi connectivity index (χ2v) is 3.96. The lowest BCUT2D eigenvalue weighted by Crippen LogP contribution is -2.49. The molecule has 1 heterocycles. The predicted molar refractivity (Wildman–Crippen MR) is 35.3 cm³/mol. The summed E-state index contributed by atoms with van der Waals surface area (Å²) in [6.07, 6.45) is 0. The van der Waals surface area contributed by atoms with Gasteiger partial charge in [0.2, 0.25) is 0 Å². The summed E-state index contributed by atoms with van der Waals surface area (Å²) in [4.78, 5) is 0. The Bertz CT molecular complexity index is 101. The van der Waals surface area contributed by atoms with E-state index < -0.39 is 10.8 Å². The lowest BCUT2D eigenvalue weighted by Gasteiger charge is -2.25. The zero-order chi connectivity index (χ0) is 5.98. The van der Waals surface area contributed by atoms with Crippen LogP contribution in [0.3, 0.4) is 0 Å². The fraction of sp³-hybridized carbons (Fsp3) is 1.00. The molecule has 0 aliphatic carbocycles. The first-order valence-corrected chi connectivity index (χ1v) is 4.30. The Morgan fingerprint density at radius 1 is 1.75 bits per heavy atom. The molecule has 1 unspecified atom stereocenters. The summed E-state index contributed by atoms with van der Waals surface area (Å²) in [5, 5.41) is 3.54. The quantitative estimate of drug-likeness (QED) is 0.561. The molecule has 48 valence electrons. The monoisotopic (exact) mass is 133 g/mol. The molecule has 1 aliphatic rings. The van der Waals surface area contributed by atoms with E-state index in [4.69, 9.17) is 0 Å². The first-order valence-electron chi connectivity index (χ1n) is 2.92. The maximum Gasteiger partial charge on any atom is 0.0596 e. The standard InChI is InChI=1S/C5H11NOS/c1-2-8(7)5-3-6-4-5/h5-6H,2-4H2,1H3. The first kappa shape index (κ1) is 6.23. The molecule has 1 N–H and O–H groups in total. The lowest BCUT2D eigenvalue weighted by atomic mass is 10.3. The van der Waals surface area contributed by atoms with Crippen LogP contribution < -0.4 is 5.32 Å². The molecule has 3 heteroatoms. The summed E-state index contributed by atoms with van der Waals surface area (Å²) >= 11 is 0. The Balaban J connectivity index is 2.24. The Kier molecular flexibility index (Phi) is 2.02. The fourth-order valence-electron chi connectivity index (χ4n) is 0.684. The second kappa shape index (κ2) is 2.60. The highest BCUT2D eigenvalue weighted by atomic mass is 32.2. The fourth-order valence-corrected chi connectivity index (χ4v) is 1.76. The van der Waals surface area contributed by atoms with E-state index in [0.29, 0.717) is 5.25 Å². The predicted octanol–water partition coefficient (Wildman–Crippen LogP) is -0.273. The highest BCUT2D eigenvalue weighted by Gasteiger charge is 2.21. The van der Waals surface area contributed by atoms with Gasteiger partial charge in [0.15, 0.2) is 0 Å². The smallest absolute Gasteiger partial charge is 0.0596 e.